The second kappa shape index (κ2) is 11.0. The van der Waals surface area contributed by atoms with Gasteiger partial charge in [0.25, 0.3) is 11.8 Å². The summed E-state index contributed by atoms with van der Waals surface area (Å²) in [4.78, 5) is 38.6. The van der Waals surface area contributed by atoms with Gasteiger partial charge in [-0.05, 0) is 85.2 Å². The van der Waals surface area contributed by atoms with E-state index in [4.69, 9.17) is 9.15 Å². The molecule has 42 heavy (non-hydrogen) atoms. The third-order valence-electron chi connectivity index (χ3n) is 8.68. The number of benzene rings is 2. The Kier molecular flexibility index (Phi) is 7.62. The molecule has 218 valence electrons. The Labute approximate surface area is 241 Å². The molecule has 3 fully saturated rings. The topological polar surface area (TPSA) is 97.6 Å². The van der Waals surface area contributed by atoms with Crippen molar-refractivity contribution < 1.29 is 32.3 Å². The number of hydrogen-bond donors (Lipinski definition) is 2. The highest BCUT2D eigenvalue weighted by Gasteiger charge is 2.63. The molecule has 6 rings (SSSR count). The van der Waals surface area contributed by atoms with Gasteiger partial charge in [-0.15, -0.1) is 0 Å². The minimum Gasteiger partial charge on any atom is -0.469 e. The van der Waals surface area contributed by atoms with E-state index in [1.54, 1.807) is 13.0 Å². The molecule has 2 bridgehead atoms. The molecule has 9 heteroatoms. The second-order valence-corrected chi connectivity index (χ2v) is 11.1. The fraction of sp³-hybridized carbons (Fsp3) is 0.303. The van der Waals surface area contributed by atoms with E-state index in [0.717, 1.165) is 12.8 Å². The Morgan fingerprint density at radius 2 is 1.81 bits per heavy atom. The molecule has 0 aliphatic heterocycles. The van der Waals surface area contributed by atoms with Crippen LogP contribution in [-0.4, -0.2) is 37.5 Å². The molecule has 1 heterocycles. The van der Waals surface area contributed by atoms with Gasteiger partial charge in [0, 0.05) is 23.4 Å². The molecule has 1 atom stereocenters. The SMILES string of the molecule is C=c1oc(-c2ccc(F)cc2)c(C(=O)NC)/c1=C/C(=C(\C)CC(=O)OC)c1ccc(F)c(C(=O)NC23CC(C2)[C@H]3C)c1. The van der Waals surface area contributed by atoms with Gasteiger partial charge in [-0.25, -0.2) is 8.78 Å². The van der Waals surface area contributed by atoms with Crippen molar-refractivity contribution >= 4 is 36.0 Å². The van der Waals surface area contributed by atoms with Gasteiger partial charge in [0.2, 0.25) is 0 Å². The number of allylic oxidation sites excluding steroid dienone is 1. The quantitative estimate of drug-likeness (QED) is 0.390. The van der Waals surface area contributed by atoms with E-state index in [2.05, 4.69) is 24.1 Å². The largest absolute Gasteiger partial charge is 0.469 e. The number of carbonyl (C=O) groups is 3. The monoisotopic (exact) mass is 574 g/mol. The molecule has 0 unspecified atom stereocenters. The third-order valence-corrected chi connectivity index (χ3v) is 8.68. The highest BCUT2D eigenvalue weighted by Crippen LogP contribution is 2.61. The van der Waals surface area contributed by atoms with E-state index in [0.29, 0.717) is 39.3 Å². The molecule has 3 aromatic rings. The maximum atomic E-state index is 15.0. The molecule has 2 aromatic carbocycles. The lowest BCUT2D eigenvalue weighted by atomic mass is 9.43. The van der Waals surface area contributed by atoms with Crippen molar-refractivity contribution in [3.05, 3.63) is 87.0 Å². The van der Waals surface area contributed by atoms with Crippen molar-refractivity contribution in [2.24, 2.45) is 11.8 Å². The number of amides is 2. The smallest absolute Gasteiger partial charge is 0.309 e. The summed E-state index contributed by atoms with van der Waals surface area (Å²) in [6.45, 7) is 7.77. The van der Waals surface area contributed by atoms with Gasteiger partial charge < -0.3 is 19.8 Å². The zero-order valence-corrected chi connectivity index (χ0v) is 23.9. The molecule has 3 aliphatic carbocycles. The standard InChI is InChI=1S/C33H32F2N2O5/c1-17(12-28(38)41-5)24(21-8-11-27(35)26(13-21)31(39)37-33-15-22(16-33)18(33)2)14-25-19(3)42-30(29(25)32(40)36-4)20-6-9-23(34)10-7-20/h6-11,13-14,18,22H,3,12,15-16H2,1-2,4-5H3,(H,36,40)(H,37,39)/b24-17-,25-14+/t18-,22?,33?/m1/s1. The van der Waals surface area contributed by atoms with Crippen LogP contribution in [0.1, 0.15) is 59.4 Å². The van der Waals surface area contributed by atoms with E-state index < -0.39 is 29.4 Å². The fourth-order valence-corrected chi connectivity index (χ4v) is 5.89. The van der Waals surface area contributed by atoms with Crippen LogP contribution >= 0.6 is 0 Å². The Morgan fingerprint density at radius 3 is 2.38 bits per heavy atom. The van der Waals surface area contributed by atoms with Crippen LogP contribution in [0.15, 0.2) is 52.5 Å². The Balaban J connectivity index is 1.66. The van der Waals surface area contributed by atoms with Crippen LogP contribution in [0.2, 0.25) is 0 Å². The number of esters is 1. The van der Waals surface area contributed by atoms with Crippen molar-refractivity contribution in [2.45, 2.75) is 38.6 Å². The summed E-state index contributed by atoms with van der Waals surface area (Å²) < 4.78 is 39.4. The van der Waals surface area contributed by atoms with Crippen LogP contribution in [0.5, 0.6) is 0 Å². The number of furan rings is 1. The molecule has 2 N–H and O–H groups in total. The first-order valence-corrected chi connectivity index (χ1v) is 13.7. The Morgan fingerprint density at radius 1 is 1.12 bits per heavy atom. The number of carbonyl (C=O) groups excluding carboxylic acids is 3. The van der Waals surface area contributed by atoms with E-state index in [1.807, 2.05) is 0 Å². The van der Waals surface area contributed by atoms with Gasteiger partial charge in [-0.2, -0.15) is 0 Å². The van der Waals surface area contributed by atoms with Gasteiger partial charge in [-0.3, -0.25) is 14.4 Å². The number of methoxy groups -OCH3 is 1. The molecule has 0 saturated heterocycles. The molecule has 3 aliphatic rings. The molecule has 1 aromatic heterocycles. The summed E-state index contributed by atoms with van der Waals surface area (Å²) in [5, 5.41) is 5.94. The zero-order chi connectivity index (χ0) is 30.3. The average Bonchev–Trinajstić information content (AvgIpc) is 3.29. The molecular formula is C33H32F2N2O5. The maximum absolute atomic E-state index is 15.0. The lowest BCUT2D eigenvalue weighted by Gasteiger charge is -2.67. The van der Waals surface area contributed by atoms with E-state index in [9.17, 15) is 18.8 Å². The number of rotatable bonds is 8. The summed E-state index contributed by atoms with van der Waals surface area (Å²) in [6, 6.07) is 9.63. The van der Waals surface area contributed by atoms with Gasteiger partial charge in [-0.1, -0.05) is 25.1 Å². The van der Waals surface area contributed by atoms with Crippen LogP contribution in [0.3, 0.4) is 0 Å². The molecule has 0 spiro atoms. The Hall–Kier alpha value is -4.53. The van der Waals surface area contributed by atoms with Gasteiger partial charge in [0.15, 0.2) is 0 Å². The predicted molar refractivity (Wildman–Crippen MR) is 154 cm³/mol. The predicted octanol–water partition coefficient (Wildman–Crippen LogP) is 4.34. The Bertz CT molecular complexity index is 1730. The number of halogens is 2. The van der Waals surface area contributed by atoms with E-state index >= 15 is 4.39 Å². The van der Waals surface area contributed by atoms with Crippen molar-refractivity contribution in [3.8, 4) is 11.3 Å². The summed E-state index contributed by atoms with van der Waals surface area (Å²) in [5.74, 6) is -1.46. The first-order valence-electron chi connectivity index (χ1n) is 13.7. The van der Waals surface area contributed by atoms with E-state index in [-0.39, 0.29) is 34.3 Å². The van der Waals surface area contributed by atoms with Gasteiger partial charge in [0.05, 0.1) is 24.7 Å². The van der Waals surface area contributed by atoms with Crippen molar-refractivity contribution in [2.75, 3.05) is 14.2 Å². The van der Waals surface area contributed by atoms with Crippen molar-refractivity contribution in [1.82, 2.24) is 10.6 Å². The summed E-state index contributed by atoms with van der Waals surface area (Å²) in [7, 11) is 2.74. The van der Waals surface area contributed by atoms with E-state index in [1.165, 1.54) is 56.6 Å². The first-order chi connectivity index (χ1) is 20.0. The van der Waals surface area contributed by atoms with Gasteiger partial charge >= 0.3 is 5.97 Å². The lowest BCUT2D eigenvalue weighted by Crippen LogP contribution is -2.74. The lowest BCUT2D eigenvalue weighted by molar-refractivity contribution is -0.139. The van der Waals surface area contributed by atoms with Crippen LogP contribution < -0.4 is 21.3 Å². The molecule has 3 saturated carbocycles. The normalized spacial score (nSPS) is 21.5. The molecule has 0 radical (unpaired) electrons. The molecule has 7 nitrogen and oxygen atoms in total. The van der Waals surface area contributed by atoms with Crippen LogP contribution in [-0.2, 0) is 9.53 Å². The minimum absolute atomic E-state index is 0.103. The van der Waals surface area contributed by atoms with Crippen LogP contribution in [0, 0.1) is 23.5 Å². The highest BCUT2D eigenvalue weighted by atomic mass is 19.1. The highest BCUT2D eigenvalue weighted by molar-refractivity contribution is 6.03. The fourth-order valence-electron chi connectivity index (χ4n) is 5.89. The van der Waals surface area contributed by atoms with Crippen LogP contribution in [0.4, 0.5) is 8.78 Å². The number of ether oxygens (including phenoxy) is 1. The summed E-state index contributed by atoms with van der Waals surface area (Å²) in [6.07, 6.45) is 3.31. The average molecular weight is 575 g/mol. The van der Waals surface area contributed by atoms with Crippen molar-refractivity contribution in [1.29, 1.82) is 0 Å². The number of hydrogen-bond acceptors (Lipinski definition) is 5. The van der Waals surface area contributed by atoms with Crippen molar-refractivity contribution in [3.63, 3.8) is 0 Å². The van der Waals surface area contributed by atoms with Gasteiger partial charge in [0.1, 0.15) is 22.8 Å². The number of nitrogens with one attached hydrogen (secondary N) is 2. The minimum atomic E-state index is -0.675. The second-order valence-electron chi connectivity index (χ2n) is 11.1. The summed E-state index contributed by atoms with van der Waals surface area (Å²) in [5.41, 5.74) is 1.79. The third kappa shape index (κ3) is 5.04. The molecule has 2 amide bonds. The van der Waals surface area contributed by atoms with Crippen LogP contribution in [0.25, 0.3) is 29.6 Å². The molecular weight excluding hydrogens is 542 g/mol. The zero-order valence-electron chi connectivity index (χ0n) is 23.9. The maximum Gasteiger partial charge on any atom is 0.309 e. The summed E-state index contributed by atoms with van der Waals surface area (Å²) >= 11 is 0. The first kappa shape index (κ1) is 29.0.